The highest BCUT2D eigenvalue weighted by molar-refractivity contribution is 5.92. The van der Waals surface area contributed by atoms with Crippen molar-refractivity contribution < 1.29 is 19.1 Å². The van der Waals surface area contributed by atoms with Crippen LogP contribution in [0.4, 0.5) is 10.5 Å². The highest BCUT2D eigenvalue weighted by Gasteiger charge is 2.35. The first kappa shape index (κ1) is 14.8. The Hall–Kier alpha value is -2.08. The number of rotatable bonds is 5. The molecule has 2 amide bonds. The number of hydrogen-bond donors (Lipinski definition) is 2. The zero-order valence-electron chi connectivity index (χ0n) is 12.6. The summed E-state index contributed by atoms with van der Waals surface area (Å²) in [5.74, 6) is -0.359. The second-order valence-electron chi connectivity index (χ2n) is 6.33. The van der Waals surface area contributed by atoms with Crippen molar-refractivity contribution in [2.24, 2.45) is 5.41 Å². The highest BCUT2D eigenvalue weighted by Crippen LogP contribution is 2.27. The van der Waals surface area contributed by atoms with Gasteiger partial charge in [-0.2, -0.15) is 0 Å². The van der Waals surface area contributed by atoms with Crippen molar-refractivity contribution in [1.29, 1.82) is 0 Å². The number of benzene rings is 1. The summed E-state index contributed by atoms with van der Waals surface area (Å²) >= 11 is 0. The summed E-state index contributed by atoms with van der Waals surface area (Å²) in [5.41, 5.74) is 1.06. The predicted molar refractivity (Wildman–Crippen MR) is 80.8 cm³/mol. The molecule has 6 heteroatoms. The maximum atomic E-state index is 12.0. The van der Waals surface area contributed by atoms with Crippen LogP contribution in [0.1, 0.15) is 30.1 Å². The first-order chi connectivity index (χ1) is 10.5. The van der Waals surface area contributed by atoms with Gasteiger partial charge in [0.25, 0.3) is 0 Å². The van der Waals surface area contributed by atoms with Gasteiger partial charge in [0.15, 0.2) is 0 Å². The van der Waals surface area contributed by atoms with Crippen LogP contribution < -0.4 is 10.6 Å². The number of nitrogens with one attached hydrogen (secondary N) is 2. The number of urea groups is 1. The van der Waals surface area contributed by atoms with Gasteiger partial charge in [0, 0.05) is 17.1 Å². The fraction of sp³-hybridized carbons (Fsp3) is 0.500. The van der Waals surface area contributed by atoms with Crippen molar-refractivity contribution in [3.8, 4) is 0 Å². The second-order valence-corrected chi connectivity index (χ2v) is 6.33. The summed E-state index contributed by atoms with van der Waals surface area (Å²) in [6, 6.07) is 6.78. The number of carbonyl (C=O) groups excluding carboxylic acids is 2. The lowest BCUT2D eigenvalue weighted by Gasteiger charge is -2.37. The fourth-order valence-corrected chi connectivity index (χ4v) is 2.13. The Bertz CT molecular complexity index is 562. The second kappa shape index (κ2) is 5.96. The van der Waals surface area contributed by atoms with Crippen molar-refractivity contribution in [3.63, 3.8) is 0 Å². The minimum absolute atomic E-state index is 0.0575. The van der Waals surface area contributed by atoms with Gasteiger partial charge in [-0.1, -0.05) is 6.92 Å². The Morgan fingerprint density at radius 1 is 1.27 bits per heavy atom. The van der Waals surface area contributed by atoms with Gasteiger partial charge in [-0.3, -0.25) is 0 Å². The normalized spacial score (nSPS) is 19.0. The van der Waals surface area contributed by atoms with Gasteiger partial charge in [-0.05, 0) is 37.1 Å². The zero-order valence-corrected chi connectivity index (χ0v) is 12.6. The first-order valence-corrected chi connectivity index (χ1v) is 7.47. The number of anilines is 1. The smallest absolute Gasteiger partial charge is 0.338 e. The van der Waals surface area contributed by atoms with Gasteiger partial charge >= 0.3 is 12.0 Å². The molecule has 6 nitrogen and oxygen atoms in total. The third-order valence-corrected chi connectivity index (χ3v) is 3.74. The lowest BCUT2D eigenvalue weighted by atomic mass is 9.90. The summed E-state index contributed by atoms with van der Waals surface area (Å²) in [6.07, 6.45) is 2.09. The minimum Gasteiger partial charge on any atom is -0.461 e. The summed E-state index contributed by atoms with van der Waals surface area (Å²) in [6.45, 7) is 3.63. The van der Waals surface area contributed by atoms with Crippen molar-refractivity contribution in [2.45, 2.75) is 25.8 Å². The average Bonchev–Trinajstić information content (AvgIpc) is 3.27. The molecule has 2 fully saturated rings. The van der Waals surface area contributed by atoms with E-state index in [9.17, 15) is 9.59 Å². The molecule has 0 atom stereocenters. The molecule has 0 spiro atoms. The topological polar surface area (TPSA) is 76.7 Å². The van der Waals surface area contributed by atoms with Gasteiger partial charge in [-0.25, -0.2) is 9.59 Å². The molecule has 2 aliphatic rings. The molecule has 1 aromatic carbocycles. The Morgan fingerprint density at radius 2 is 1.95 bits per heavy atom. The van der Waals surface area contributed by atoms with E-state index in [1.54, 1.807) is 24.3 Å². The number of carbonyl (C=O) groups is 2. The van der Waals surface area contributed by atoms with Crippen LogP contribution in [0.25, 0.3) is 0 Å². The molecule has 0 radical (unpaired) electrons. The van der Waals surface area contributed by atoms with E-state index in [0.717, 1.165) is 12.8 Å². The molecule has 0 aromatic heterocycles. The quantitative estimate of drug-likeness (QED) is 0.817. The summed E-state index contributed by atoms with van der Waals surface area (Å²) < 4.78 is 10.4. The molecule has 1 saturated heterocycles. The molecule has 3 rings (SSSR count). The van der Waals surface area contributed by atoms with Gasteiger partial charge in [0.05, 0.1) is 18.8 Å². The van der Waals surface area contributed by atoms with Crippen molar-refractivity contribution in [1.82, 2.24) is 5.32 Å². The van der Waals surface area contributed by atoms with Gasteiger partial charge in [-0.15, -0.1) is 0 Å². The molecular weight excluding hydrogens is 284 g/mol. The van der Waals surface area contributed by atoms with Crippen LogP contribution in [0.15, 0.2) is 24.3 Å². The third-order valence-electron chi connectivity index (χ3n) is 3.74. The average molecular weight is 304 g/mol. The van der Waals surface area contributed by atoms with Crippen LogP contribution in [0.5, 0.6) is 0 Å². The largest absolute Gasteiger partial charge is 0.461 e. The van der Waals surface area contributed by atoms with Crippen LogP contribution in [0, 0.1) is 5.41 Å². The molecule has 1 heterocycles. The number of esters is 1. The standard InChI is InChI=1S/C16H20N2O4/c1-16(8-21-9-16)10-22-14(19)11-2-4-12(5-3-11)17-15(20)18-13-6-7-13/h2-5,13H,6-10H2,1H3,(H2,17,18,20). The van der Waals surface area contributed by atoms with E-state index in [4.69, 9.17) is 9.47 Å². The molecule has 118 valence electrons. The van der Waals surface area contributed by atoms with E-state index in [2.05, 4.69) is 10.6 Å². The van der Waals surface area contributed by atoms with Crippen LogP contribution in [0.3, 0.4) is 0 Å². The highest BCUT2D eigenvalue weighted by atomic mass is 16.5. The fourth-order valence-electron chi connectivity index (χ4n) is 2.13. The lowest BCUT2D eigenvalue weighted by molar-refractivity contribution is -0.127. The molecule has 1 aromatic rings. The van der Waals surface area contributed by atoms with E-state index >= 15 is 0 Å². The summed E-state index contributed by atoms with van der Waals surface area (Å²) in [7, 11) is 0. The first-order valence-electron chi connectivity index (χ1n) is 7.47. The monoisotopic (exact) mass is 304 g/mol. The van der Waals surface area contributed by atoms with Crippen LogP contribution >= 0.6 is 0 Å². The maximum absolute atomic E-state index is 12.0. The van der Waals surface area contributed by atoms with Gasteiger partial charge in [0.2, 0.25) is 0 Å². The molecule has 22 heavy (non-hydrogen) atoms. The minimum atomic E-state index is -0.359. The van der Waals surface area contributed by atoms with E-state index in [-0.39, 0.29) is 17.4 Å². The van der Waals surface area contributed by atoms with Crippen molar-refractivity contribution >= 4 is 17.7 Å². The molecule has 0 bridgehead atoms. The van der Waals surface area contributed by atoms with E-state index in [1.807, 2.05) is 6.92 Å². The molecular formula is C16H20N2O4. The van der Waals surface area contributed by atoms with E-state index in [1.165, 1.54) is 0 Å². The number of amides is 2. The van der Waals surface area contributed by atoms with E-state index < -0.39 is 0 Å². The van der Waals surface area contributed by atoms with Crippen LogP contribution in [0.2, 0.25) is 0 Å². The number of ether oxygens (including phenoxy) is 2. The number of hydrogen-bond acceptors (Lipinski definition) is 4. The maximum Gasteiger partial charge on any atom is 0.338 e. The molecule has 1 aliphatic heterocycles. The zero-order chi connectivity index (χ0) is 15.6. The Kier molecular flexibility index (Phi) is 4.02. The Labute approximate surface area is 129 Å². The Morgan fingerprint density at radius 3 is 2.50 bits per heavy atom. The molecule has 1 saturated carbocycles. The third kappa shape index (κ3) is 3.76. The lowest BCUT2D eigenvalue weighted by Crippen LogP contribution is -2.44. The summed E-state index contributed by atoms with van der Waals surface area (Å²) in [4.78, 5) is 23.6. The van der Waals surface area contributed by atoms with Crippen molar-refractivity contribution in [2.75, 3.05) is 25.1 Å². The van der Waals surface area contributed by atoms with Crippen LogP contribution in [-0.2, 0) is 9.47 Å². The SMILES string of the molecule is CC1(COC(=O)c2ccc(NC(=O)NC3CC3)cc2)COC1. The molecule has 1 aliphatic carbocycles. The summed E-state index contributed by atoms with van der Waals surface area (Å²) in [5, 5.41) is 5.57. The molecule has 0 unspecified atom stereocenters. The van der Waals surface area contributed by atoms with Gasteiger partial charge in [0.1, 0.15) is 6.61 Å². The van der Waals surface area contributed by atoms with Crippen LogP contribution in [-0.4, -0.2) is 37.9 Å². The Balaban J connectivity index is 1.49. The van der Waals surface area contributed by atoms with E-state index in [0.29, 0.717) is 37.1 Å². The molecule has 2 N–H and O–H groups in total. The predicted octanol–water partition coefficient (Wildman–Crippen LogP) is 2.16. The van der Waals surface area contributed by atoms with Crippen molar-refractivity contribution in [3.05, 3.63) is 29.8 Å². The van der Waals surface area contributed by atoms with Gasteiger partial charge < -0.3 is 20.1 Å².